The number of halogens is 1. The van der Waals surface area contributed by atoms with Crippen LogP contribution < -0.4 is 5.73 Å². The van der Waals surface area contributed by atoms with Crippen LogP contribution in [-0.4, -0.2) is 49.0 Å². The van der Waals surface area contributed by atoms with Crippen molar-refractivity contribution < 1.29 is 12.8 Å². The lowest BCUT2D eigenvalue weighted by Crippen LogP contribution is -2.52. The highest BCUT2D eigenvalue weighted by molar-refractivity contribution is 8.00. The maximum atomic E-state index is 13.5. The van der Waals surface area contributed by atoms with E-state index in [0.29, 0.717) is 12.3 Å². The van der Waals surface area contributed by atoms with E-state index in [1.807, 2.05) is 11.8 Å². The van der Waals surface area contributed by atoms with E-state index < -0.39 is 15.2 Å². The fourth-order valence-electron chi connectivity index (χ4n) is 2.77. The zero-order chi connectivity index (χ0) is 15.6. The number of benzene rings is 1. The molecule has 2 N–H and O–H groups in total. The predicted octanol–water partition coefficient (Wildman–Crippen LogP) is 1.63. The largest absolute Gasteiger partial charge is 0.326 e. The number of nitrogens with zero attached hydrogens (tertiary/aromatic N) is 1. The molecule has 1 saturated heterocycles. The van der Waals surface area contributed by atoms with Gasteiger partial charge in [0.15, 0.2) is 9.84 Å². The van der Waals surface area contributed by atoms with Crippen LogP contribution in [0.25, 0.3) is 0 Å². The third-order valence-corrected chi connectivity index (χ3v) is 6.32. The average molecular weight is 332 g/mol. The molecule has 118 valence electrons. The van der Waals surface area contributed by atoms with Gasteiger partial charge in [0.25, 0.3) is 0 Å². The summed E-state index contributed by atoms with van der Waals surface area (Å²) in [6.07, 6.45) is 1.25. The second-order valence-electron chi connectivity index (χ2n) is 5.46. The summed E-state index contributed by atoms with van der Waals surface area (Å²) in [5.74, 6) is 1.04. The van der Waals surface area contributed by atoms with Gasteiger partial charge >= 0.3 is 0 Å². The van der Waals surface area contributed by atoms with Gasteiger partial charge in [-0.05, 0) is 24.6 Å². The van der Waals surface area contributed by atoms with Crippen LogP contribution in [0.4, 0.5) is 4.39 Å². The Bertz CT molecular complexity index is 592. The molecule has 4 nitrogen and oxygen atoms in total. The smallest absolute Gasteiger partial charge is 0.164 e. The van der Waals surface area contributed by atoms with E-state index in [1.54, 1.807) is 23.9 Å². The molecule has 0 aromatic heterocycles. The summed E-state index contributed by atoms with van der Waals surface area (Å²) >= 11 is 1.63. The molecule has 2 rings (SSSR count). The summed E-state index contributed by atoms with van der Waals surface area (Å²) in [5, 5.41) is -0.574. The van der Waals surface area contributed by atoms with E-state index in [4.69, 9.17) is 5.73 Å². The Morgan fingerprint density at radius 2 is 2.19 bits per heavy atom. The Morgan fingerprint density at radius 3 is 2.76 bits per heavy atom. The minimum Gasteiger partial charge on any atom is -0.326 e. The maximum Gasteiger partial charge on any atom is 0.164 e. The van der Waals surface area contributed by atoms with E-state index in [2.05, 4.69) is 0 Å². The highest BCUT2D eigenvalue weighted by atomic mass is 32.2. The van der Waals surface area contributed by atoms with Crippen molar-refractivity contribution in [3.05, 3.63) is 35.6 Å². The monoisotopic (exact) mass is 332 g/mol. The van der Waals surface area contributed by atoms with Gasteiger partial charge in [0, 0.05) is 30.3 Å². The molecule has 3 atom stereocenters. The number of nitrogens with two attached hydrogens (primary N) is 1. The van der Waals surface area contributed by atoms with Crippen molar-refractivity contribution >= 4 is 21.6 Å². The minimum atomic E-state index is -3.22. The summed E-state index contributed by atoms with van der Waals surface area (Å²) in [7, 11) is -3.22. The fraction of sp³-hybridized carbons (Fsp3) is 0.571. The molecule has 3 unspecified atom stereocenters. The molecule has 1 aliphatic heterocycles. The highest BCUT2D eigenvalue weighted by Gasteiger charge is 2.37. The third kappa shape index (κ3) is 3.97. The molecule has 7 heteroatoms. The molecule has 1 heterocycles. The van der Waals surface area contributed by atoms with Gasteiger partial charge < -0.3 is 5.73 Å². The topological polar surface area (TPSA) is 63.4 Å². The molecule has 1 aliphatic rings. The van der Waals surface area contributed by atoms with Crippen LogP contribution >= 0.6 is 11.8 Å². The standard InChI is InChI=1S/C14H21FN2O2S2/c1-10(16)14(11-4-3-5-12(15)8-11)17-6-7-20-9-13(17)21(2,18)19/h3-5,8,10,13-14H,6-7,9,16H2,1-2H3. The average Bonchev–Trinajstić information content (AvgIpc) is 2.38. The summed E-state index contributed by atoms with van der Waals surface area (Å²) < 4.78 is 37.6. The second-order valence-corrected chi connectivity index (χ2v) is 8.81. The summed E-state index contributed by atoms with van der Waals surface area (Å²) in [6, 6.07) is 5.66. The van der Waals surface area contributed by atoms with Crippen molar-refractivity contribution in [1.29, 1.82) is 0 Å². The van der Waals surface area contributed by atoms with E-state index >= 15 is 0 Å². The zero-order valence-electron chi connectivity index (χ0n) is 12.2. The van der Waals surface area contributed by atoms with Gasteiger partial charge in [-0.1, -0.05) is 12.1 Å². The van der Waals surface area contributed by atoms with Crippen molar-refractivity contribution in [3.8, 4) is 0 Å². The van der Waals surface area contributed by atoms with Gasteiger partial charge in [-0.15, -0.1) is 0 Å². The summed E-state index contributed by atoms with van der Waals surface area (Å²) in [6.45, 7) is 2.46. The molecule has 0 bridgehead atoms. The van der Waals surface area contributed by atoms with E-state index in [1.165, 1.54) is 18.4 Å². The van der Waals surface area contributed by atoms with Crippen molar-refractivity contribution in [2.24, 2.45) is 5.73 Å². The van der Waals surface area contributed by atoms with Gasteiger partial charge in [0.05, 0.1) is 6.04 Å². The Morgan fingerprint density at radius 1 is 1.48 bits per heavy atom. The third-order valence-electron chi connectivity index (χ3n) is 3.66. The Hall–Kier alpha value is -0.630. The van der Waals surface area contributed by atoms with Crippen LogP contribution in [0.15, 0.2) is 24.3 Å². The van der Waals surface area contributed by atoms with E-state index in [0.717, 1.165) is 11.3 Å². The SMILES string of the molecule is CC(N)C(c1cccc(F)c1)N1CCSCC1S(C)(=O)=O. The first kappa shape index (κ1) is 16.7. The number of rotatable bonds is 4. The highest BCUT2D eigenvalue weighted by Crippen LogP contribution is 2.32. The molecule has 0 radical (unpaired) electrons. The lowest BCUT2D eigenvalue weighted by Gasteiger charge is -2.41. The number of hydrogen-bond donors (Lipinski definition) is 1. The molecule has 0 saturated carbocycles. The molecule has 0 amide bonds. The summed E-state index contributed by atoms with van der Waals surface area (Å²) in [4.78, 5) is 1.91. The van der Waals surface area contributed by atoms with Crippen LogP contribution in [0.3, 0.4) is 0 Å². The minimum absolute atomic E-state index is 0.292. The first-order valence-electron chi connectivity index (χ1n) is 6.84. The molecule has 21 heavy (non-hydrogen) atoms. The van der Waals surface area contributed by atoms with E-state index in [9.17, 15) is 12.8 Å². The van der Waals surface area contributed by atoms with Gasteiger partial charge in [0.1, 0.15) is 11.2 Å². The molecule has 0 aliphatic carbocycles. The van der Waals surface area contributed by atoms with Crippen molar-refractivity contribution in [1.82, 2.24) is 4.90 Å². The first-order chi connectivity index (χ1) is 9.80. The normalized spacial score (nSPS) is 23.7. The molecular formula is C14H21FN2O2S2. The quantitative estimate of drug-likeness (QED) is 0.908. The predicted molar refractivity (Wildman–Crippen MR) is 85.5 cm³/mol. The van der Waals surface area contributed by atoms with Crippen LogP contribution in [0.2, 0.25) is 0 Å². The van der Waals surface area contributed by atoms with Crippen LogP contribution in [0, 0.1) is 5.82 Å². The number of thioether (sulfide) groups is 1. The van der Waals surface area contributed by atoms with Crippen molar-refractivity contribution in [2.75, 3.05) is 24.3 Å². The Balaban J connectivity index is 2.41. The van der Waals surface area contributed by atoms with Crippen LogP contribution in [0.1, 0.15) is 18.5 Å². The first-order valence-corrected chi connectivity index (χ1v) is 9.95. The maximum absolute atomic E-state index is 13.5. The van der Waals surface area contributed by atoms with Crippen LogP contribution in [-0.2, 0) is 9.84 Å². The van der Waals surface area contributed by atoms with Gasteiger partial charge in [-0.3, -0.25) is 4.90 Å². The van der Waals surface area contributed by atoms with Crippen molar-refractivity contribution in [3.63, 3.8) is 0 Å². The van der Waals surface area contributed by atoms with Gasteiger partial charge in [0.2, 0.25) is 0 Å². The van der Waals surface area contributed by atoms with E-state index in [-0.39, 0.29) is 17.9 Å². The second kappa shape index (κ2) is 6.64. The lowest BCUT2D eigenvalue weighted by atomic mass is 9.99. The fourth-order valence-corrected chi connectivity index (χ4v) is 5.67. The molecule has 1 fully saturated rings. The zero-order valence-corrected chi connectivity index (χ0v) is 13.8. The number of sulfone groups is 1. The van der Waals surface area contributed by atoms with Crippen molar-refractivity contribution in [2.45, 2.75) is 24.4 Å². The number of hydrogen-bond acceptors (Lipinski definition) is 5. The van der Waals surface area contributed by atoms with Crippen LogP contribution in [0.5, 0.6) is 0 Å². The summed E-state index contributed by atoms with van der Waals surface area (Å²) in [5.41, 5.74) is 6.82. The van der Waals surface area contributed by atoms with Gasteiger partial charge in [-0.25, -0.2) is 12.8 Å². The molecular weight excluding hydrogens is 311 g/mol. The van der Waals surface area contributed by atoms with Gasteiger partial charge in [-0.2, -0.15) is 11.8 Å². The Labute approximate surface area is 129 Å². The molecule has 0 spiro atoms. The lowest BCUT2D eigenvalue weighted by molar-refractivity contribution is 0.172. The molecule has 1 aromatic rings. The Kier molecular flexibility index (Phi) is 5.29. The molecule has 1 aromatic carbocycles.